The molecule has 0 aliphatic carbocycles. The van der Waals surface area contributed by atoms with Gasteiger partial charge in [-0.05, 0) is 12.1 Å². The first-order chi connectivity index (χ1) is 8.60. The highest BCUT2D eigenvalue weighted by molar-refractivity contribution is 6.43. The summed E-state index contributed by atoms with van der Waals surface area (Å²) in [6.45, 7) is -0.160. The standard InChI is InChI=1S/C12H8Cl3NO2/c13-9-4-11(15)12(5-10(9)14)18-8-1-2-16-7(3-8)6-17/h1-5,17H,6H2. The summed E-state index contributed by atoms with van der Waals surface area (Å²) in [6.07, 6.45) is 1.53. The van der Waals surface area contributed by atoms with E-state index in [1.54, 1.807) is 12.1 Å². The number of aliphatic hydroxyl groups is 1. The normalized spacial score (nSPS) is 10.4. The third-order valence-corrected chi connectivity index (χ3v) is 3.17. The molecule has 0 bridgehead atoms. The molecule has 0 radical (unpaired) electrons. The SMILES string of the molecule is OCc1cc(Oc2cc(Cl)c(Cl)cc2Cl)ccn1. The number of halogens is 3. The third-order valence-electron chi connectivity index (χ3n) is 2.15. The van der Waals surface area contributed by atoms with Crippen molar-refractivity contribution in [2.75, 3.05) is 0 Å². The zero-order valence-electron chi connectivity index (χ0n) is 9.03. The highest BCUT2D eigenvalue weighted by Gasteiger charge is 2.08. The van der Waals surface area contributed by atoms with Gasteiger partial charge in [-0.2, -0.15) is 0 Å². The molecule has 6 heteroatoms. The summed E-state index contributed by atoms with van der Waals surface area (Å²) in [4.78, 5) is 3.94. The minimum atomic E-state index is -0.160. The Kier molecular flexibility index (Phi) is 4.30. The zero-order chi connectivity index (χ0) is 13.1. The second kappa shape index (κ2) is 5.76. The van der Waals surface area contributed by atoms with E-state index in [9.17, 15) is 0 Å². The van der Waals surface area contributed by atoms with Gasteiger partial charge in [0, 0.05) is 18.3 Å². The fourth-order valence-electron chi connectivity index (χ4n) is 1.32. The minimum Gasteiger partial charge on any atom is -0.456 e. The number of benzene rings is 1. The number of hydrogen-bond donors (Lipinski definition) is 1. The molecule has 1 N–H and O–H groups in total. The van der Waals surface area contributed by atoms with Crippen LogP contribution in [-0.2, 0) is 6.61 Å². The van der Waals surface area contributed by atoms with Crippen molar-refractivity contribution < 1.29 is 9.84 Å². The van der Waals surface area contributed by atoms with Gasteiger partial charge in [-0.15, -0.1) is 0 Å². The predicted octanol–water partition coefficient (Wildman–Crippen LogP) is 4.33. The van der Waals surface area contributed by atoms with E-state index < -0.39 is 0 Å². The van der Waals surface area contributed by atoms with E-state index in [0.29, 0.717) is 32.3 Å². The van der Waals surface area contributed by atoms with Gasteiger partial charge in [0.05, 0.1) is 27.4 Å². The predicted molar refractivity (Wildman–Crippen MR) is 71.7 cm³/mol. The second-order valence-corrected chi connectivity index (χ2v) is 4.66. The highest BCUT2D eigenvalue weighted by atomic mass is 35.5. The Morgan fingerprint density at radius 3 is 2.50 bits per heavy atom. The molecule has 2 aromatic rings. The number of hydrogen-bond acceptors (Lipinski definition) is 3. The van der Waals surface area contributed by atoms with E-state index in [1.165, 1.54) is 18.3 Å². The van der Waals surface area contributed by atoms with Crippen LogP contribution in [0.3, 0.4) is 0 Å². The topological polar surface area (TPSA) is 42.4 Å². The number of rotatable bonds is 3. The smallest absolute Gasteiger partial charge is 0.147 e. The van der Waals surface area contributed by atoms with E-state index >= 15 is 0 Å². The van der Waals surface area contributed by atoms with Gasteiger partial charge < -0.3 is 9.84 Å². The van der Waals surface area contributed by atoms with E-state index in [1.807, 2.05) is 0 Å². The van der Waals surface area contributed by atoms with Gasteiger partial charge in [0.25, 0.3) is 0 Å². The van der Waals surface area contributed by atoms with Crippen molar-refractivity contribution in [1.29, 1.82) is 0 Å². The first-order valence-corrected chi connectivity index (χ1v) is 6.11. The quantitative estimate of drug-likeness (QED) is 0.858. The molecule has 0 spiro atoms. The lowest BCUT2D eigenvalue weighted by molar-refractivity contribution is 0.276. The van der Waals surface area contributed by atoms with Crippen molar-refractivity contribution in [2.24, 2.45) is 0 Å². The highest BCUT2D eigenvalue weighted by Crippen LogP contribution is 2.36. The second-order valence-electron chi connectivity index (χ2n) is 3.44. The summed E-state index contributed by atoms with van der Waals surface area (Å²) in [5, 5.41) is 10.0. The van der Waals surface area contributed by atoms with Crippen LogP contribution in [0, 0.1) is 0 Å². The van der Waals surface area contributed by atoms with Crippen LogP contribution in [0.25, 0.3) is 0 Å². The van der Waals surface area contributed by atoms with Crippen LogP contribution >= 0.6 is 34.8 Å². The lowest BCUT2D eigenvalue weighted by Crippen LogP contribution is -1.91. The Bertz CT molecular complexity index is 575. The molecule has 0 atom stereocenters. The van der Waals surface area contributed by atoms with Crippen LogP contribution in [0.15, 0.2) is 30.5 Å². The Hall–Kier alpha value is -1.00. The van der Waals surface area contributed by atoms with Crippen LogP contribution in [0.5, 0.6) is 11.5 Å². The average Bonchev–Trinajstić information content (AvgIpc) is 2.36. The van der Waals surface area contributed by atoms with Crippen LogP contribution in [0.2, 0.25) is 15.1 Å². The maximum Gasteiger partial charge on any atom is 0.147 e. The maximum absolute atomic E-state index is 8.98. The van der Waals surface area contributed by atoms with Gasteiger partial charge in [0.2, 0.25) is 0 Å². The zero-order valence-corrected chi connectivity index (χ0v) is 11.3. The summed E-state index contributed by atoms with van der Waals surface area (Å²) in [7, 11) is 0. The van der Waals surface area contributed by atoms with E-state index in [2.05, 4.69) is 4.98 Å². The molecule has 94 valence electrons. The van der Waals surface area contributed by atoms with Gasteiger partial charge >= 0.3 is 0 Å². The summed E-state index contributed by atoms with van der Waals surface area (Å²) >= 11 is 17.7. The number of nitrogens with zero attached hydrogens (tertiary/aromatic N) is 1. The molecule has 0 saturated carbocycles. The molecular formula is C12H8Cl3NO2. The molecule has 1 aromatic heterocycles. The van der Waals surface area contributed by atoms with Gasteiger partial charge in [-0.3, -0.25) is 4.98 Å². The Balaban J connectivity index is 2.30. The van der Waals surface area contributed by atoms with Gasteiger partial charge in [0.15, 0.2) is 0 Å². The van der Waals surface area contributed by atoms with Crippen LogP contribution < -0.4 is 4.74 Å². The fourth-order valence-corrected chi connectivity index (χ4v) is 1.89. The molecule has 0 amide bonds. The van der Waals surface area contributed by atoms with Crippen molar-refractivity contribution in [3.05, 3.63) is 51.2 Å². The first kappa shape index (κ1) is 13.4. The molecule has 0 fully saturated rings. The maximum atomic E-state index is 8.98. The summed E-state index contributed by atoms with van der Waals surface area (Å²) in [5.74, 6) is 0.899. The van der Waals surface area contributed by atoms with Crippen molar-refractivity contribution >= 4 is 34.8 Å². The molecule has 2 rings (SSSR count). The van der Waals surface area contributed by atoms with Gasteiger partial charge in [-0.1, -0.05) is 34.8 Å². The molecule has 0 unspecified atom stereocenters. The average molecular weight is 305 g/mol. The Morgan fingerprint density at radius 2 is 1.78 bits per heavy atom. The van der Waals surface area contributed by atoms with Crippen LogP contribution in [0.4, 0.5) is 0 Å². The molecular weight excluding hydrogens is 296 g/mol. The van der Waals surface area contributed by atoms with E-state index in [0.717, 1.165) is 0 Å². The number of ether oxygens (including phenoxy) is 1. The number of aromatic nitrogens is 1. The molecule has 1 aromatic carbocycles. The fraction of sp³-hybridized carbons (Fsp3) is 0.0833. The van der Waals surface area contributed by atoms with E-state index in [-0.39, 0.29) is 6.61 Å². The molecule has 0 saturated heterocycles. The third kappa shape index (κ3) is 3.06. The first-order valence-electron chi connectivity index (χ1n) is 4.98. The molecule has 18 heavy (non-hydrogen) atoms. The minimum absolute atomic E-state index is 0.160. The summed E-state index contributed by atoms with van der Waals surface area (Å²) in [5.41, 5.74) is 0.503. The van der Waals surface area contributed by atoms with Crippen molar-refractivity contribution in [3.8, 4) is 11.5 Å². The summed E-state index contributed by atoms with van der Waals surface area (Å²) in [6, 6.07) is 6.30. The van der Waals surface area contributed by atoms with E-state index in [4.69, 9.17) is 44.6 Å². The monoisotopic (exact) mass is 303 g/mol. The van der Waals surface area contributed by atoms with Crippen molar-refractivity contribution in [3.63, 3.8) is 0 Å². The van der Waals surface area contributed by atoms with Crippen molar-refractivity contribution in [1.82, 2.24) is 4.98 Å². The molecule has 1 heterocycles. The van der Waals surface area contributed by atoms with Gasteiger partial charge in [-0.25, -0.2) is 0 Å². The lowest BCUT2D eigenvalue weighted by Gasteiger charge is -2.09. The van der Waals surface area contributed by atoms with Crippen LogP contribution in [0.1, 0.15) is 5.69 Å². The Labute approximate surface area is 119 Å². The largest absolute Gasteiger partial charge is 0.456 e. The molecule has 3 nitrogen and oxygen atoms in total. The van der Waals surface area contributed by atoms with Crippen molar-refractivity contribution in [2.45, 2.75) is 6.61 Å². The molecule has 0 aliphatic rings. The lowest BCUT2D eigenvalue weighted by atomic mass is 10.3. The summed E-state index contributed by atoms with van der Waals surface area (Å²) < 4.78 is 5.56. The Morgan fingerprint density at radius 1 is 1.06 bits per heavy atom. The molecule has 0 aliphatic heterocycles. The number of pyridine rings is 1. The number of aliphatic hydroxyl groups excluding tert-OH is 1. The van der Waals surface area contributed by atoms with Gasteiger partial charge in [0.1, 0.15) is 11.5 Å². The van der Waals surface area contributed by atoms with Crippen LogP contribution in [-0.4, -0.2) is 10.1 Å².